The summed E-state index contributed by atoms with van der Waals surface area (Å²) in [6.45, 7) is 2.71. The first kappa shape index (κ1) is 5.63. The first-order valence-corrected chi connectivity index (χ1v) is 2.94. The normalized spacial score (nSPS) is 20.8. The Balaban J connectivity index is 2.53. The third kappa shape index (κ3) is 1.01. The van der Waals surface area contributed by atoms with Crippen LogP contribution in [-0.2, 0) is 0 Å². The Morgan fingerprint density at radius 2 is 2.50 bits per heavy atom. The van der Waals surface area contributed by atoms with Gasteiger partial charge in [-0.3, -0.25) is 10.3 Å². The molecule has 0 atom stereocenters. The summed E-state index contributed by atoms with van der Waals surface area (Å²) in [4.78, 5) is 0. The molecule has 0 spiro atoms. The maximum absolute atomic E-state index is 8.94. The Kier molecular flexibility index (Phi) is 1.53. The van der Waals surface area contributed by atoms with Gasteiger partial charge in [0.2, 0.25) is 0 Å². The first-order chi connectivity index (χ1) is 3.80. The molecule has 1 heterocycles. The molecule has 0 saturated heterocycles. The maximum Gasteiger partial charge on any atom is 0.0452 e. The Morgan fingerprint density at radius 3 is 2.88 bits per heavy atom. The molecule has 0 aliphatic carbocycles. The van der Waals surface area contributed by atoms with Crippen molar-refractivity contribution in [3.05, 3.63) is 11.8 Å². The van der Waals surface area contributed by atoms with Gasteiger partial charge >= 0.3 is 0 Å². The van der Waals surface area contributed by atoms with Crippen molar-refractivity contribution in [3.8, 4) is 0 Å². The summed E-state index contributed by atoms with van der Waals surface area (Å²) in [5.74, 6) is 0. The minimum absolute atomic E-state index is 0.794. The largest absolute Gasteiger partial charge is 0.289 e. The van der Waals surface area contributed by atoms with E-state index in [1.165, 1.54) is 5.06 Å². The van der Waals surface area contributed by atoms with E-state index in [-0.39, 0.29) is 0 Å². The SMILES string of the molecule is CC1=CCCCN1O. The van der Waals surface area contributed by atoms with Gasteiger partial charge in [0.1, 0.15) is 0 Å². The highest BCUT2D eigenvalue weighted by atomic mass is 16.5. The van der Waals surface area contributed by atoms with Crippen molar-refractivity contribution < 1.29 is 5.21 Å². The van der Waals surface area contributed by atoms with Gasteiger partial charge in [-0.2, -0.15) is 0 Å². The van der Waals surface area contributed by atoms with Crippen LogP contribution in [0.25, 0.3) is 0 Å². The highest BCUT2D eigenvalue weighted by Crippen LogP contribution is 2.09. The number of hydrogen-bond acceptors (Lipinski definition) is 2. The summed E-state index contributed by atoms with van der Waals surface area (Å²) in [6.07, 6.45) is 4.24. The van der Waals surface area contributed by atoms with Crippen molar-refractivity contribution in [2.45, 2.75) is 19.8 Å². The highest BCUT2D eigenvalue weighted by molar-refractivity contribution is 4.97. The van der Waals surface area contributed by atoms with Crippen molar-refractivity contribution in [2.24, 2.45) is 0 Å². The molecule has 0 aromatic rings. The van der Waals surface area contributed by atoms with E-state index in [1.54, 1.807) is 0 Å². The van der Waals surface area contributed by atoms with Crippen molar-refractivity contribution in [3.63, 3.8) is 0 Å². The van der Waals surface area contributed by atoms with E-state index >= 15 is 0 Å². The fourth-order valence-electron chi connectivity index (χ4n) is 0.834. The zero-order chi connectivity index (χ0) is 5.98. The molecule has 46 valence electrons. The van der Waals surface area contributed by atoms with Gasteiger partial charge in [0.25, 0.3) is 0 Å². The molecule has 0 unspecified atom stereocenters. The second kappa shape index (κ2) is 2.18. The Morgan fingerprint density at radius 1 is 1.75 bits per heavy atom. The van der Waals surface area contributed by atoms with E-state index in [9.17, 15) is 0 Å². The van der Waals surface area contributed by atoms with Crippen LogP contribution in [0.5, 0.6) is 0 Å². The Labute approximate surface area is 49.4 Å². The predicted octanol–water partition coefficient (Wildman–Crippen LogP) is 1.38. The van der Waals surface area contributed by atoms with Crippen LogP contribution in [0.3, 0.4) is 0 Å². The zero-order valence-corrected chi connectivity index (χ0v) is 5.09. The first-order valence-electron chi connectivity index (χ1n) is 2.94. The summed E-state index contributed by atoms with van der Waals surface area (Å²) in [5, 5.41) is 10.2. The molecule has 0 aromatic carbocycles. The molecule has 0 fully saturated rings. The van der Waals surface area contributed by atoms with Gasteiger partial charge < -0.3 is 0 Å². The van der Waals surface area contributed by atoms with E-state index in [0.29, 0.717) is 0 Å². The van der Waals surface area contributed by atoms with Crippen LogP contribution in [0.2, 0.25) is 0 Å². The van der Waals surface area contributed by atoms with Gasteiger partial charge in [-0.25, -0.2) is 0 Å². The Hall–Kier alpha value is -0.500. The topological polar surface area (TPSA) is 23.5 Å². The number of rotatable bonds is 0. The molecule has 0 radical (unpaired) electrons. The fraction of sp³-hybridized carbons (Fsp3) is 0.667. The van der Waals surface area contributed by atoms with E-state index in [2.05, 4.69) is 0 Å². The molecule has 1 aliphatic rings. The van der Waals surface area contributed by atoms with Gasteiger partial charge in [-0.15, -0.1) is 0 Å². The standard InChI is InChI=1S/C6H11NO/c1-6-4-2-3-5-7(6)8/h4,8H,2-3,5H2,1H3. The second-order valence-electron chi connectivity index (χ2n) is 2.11. The zero-order valence-electron chi connectivity index (χ0n) is 5.09. The molecule has 0 aromatic heterocycles. The lowest BCUT2D eigenvalue weighted by atomic mass is 10.2. The molecule has 0 bridgehead atoms. The van der Waals surface area contributed by atoms with Gasteiger partial charge in [0.15, 0.2) is 0 Å². The molecule has 1 rings (SSSR count). The van der Waals surface area contributed by atoms with E-state index in [1.807, 2.05) is 13.0 Å². The molecule has 1 N–H and O–H groups in total. The van der Waals surface area contributed by atoms with E-state index in [4.69, 9.17) is 5.21 Å². The average Bonchev–Trinajstić information content (AvgIpc) is 1.77. The van der Waals surface area contributed by atoms with Crippen LogP contribution in [0, 0.1) is 0 Å². The predicted molar refractivity (Wildman–Crippen MR) is 31.5 cm³/mol. The minimum atomic E-state index is 0.794. The molecule has 2 heteroatoms. The van der Waals surface area contributed by atoms with Crippen molar-refractivity contribution in [2.75, 3.05) is 6.54 Å². The summed E-state index contributed by atoms with van der Waals surface area (Å²) in [6, 6.07) is 0. The third-order valence-corrected chi connectivity index (χ3v) is 1.42. The van der Waals surface area contributed by atoms with Crippen LogP contribution in [0.1, 0.15) is 19.8 Å². The fourth-order valence-corrected chi connectivity index (χ4v) is 0.834. The lowest BCUT2D eigenvalue weighted by Crippen LogP contribution is -2.20. The van der Waals surface area contributed by atoms with E-state index in [0.717, 1.165) is 25.1 Å². The van der Waals surface area contributed by atoms with Crippen LogP contribution in [0.4, 0.5) is 0 Å². The minimum Gasteiger partial charge on any atom is -0.289 e. The van der Waals surface area contributed by atoms with Crippen LogP contribution >= 0.6 is 0 Å². The summed E-state index contributed by atoms with van der Waals surface area (Å²) < 4.78 is 0. The second-order valence-corrected chi connectivity index (χ2v) is 2.11. The molecular formula is C6H11NO. The van der Waals surface area contributed by atoms with Crippen LogP contribution in [-0.4, -0.2) is 16.8 Å². The summed E-state index contributed by atoms with van der Waals surface area (Å²) in [7, 11) is 0. The van der Waals surface area contributed by atoms with E-state index < -0.39 is 0 Å². The number of hydrogen-bond donors (Lipinski definition) is 1. The molecule has 0 amide bonds. The van der Waals surface area contributed by atoms with Crippen molar-refractivity contribution in [1.29, 1.82) is 0 Å². The maximum atomic E-state index is 8.94. The average molecular weight is 113 g/mol. The monoisotopic (exact) mass is 113 g/mol. The van der Waals surface area contributed by atoms with Crippen molar-refractivity contribution >= 4 is 0 Å². The molecule has 2 nitrogen and oxygen atoms in total. The van der Waals surface area contributed by atoms with Gasteiger partial charge in [0, 0.05) is 12.2 Å². The van der Waals surface area contributed by atoms with Gasteiger partial charge in [0.05, 0.1) is 0 Å². The lowest BCUT2D eigenvalue weighted by molar-refractivity contribution is -0.0600. The van der Waals surface area contributed by atoms with Crippen LogP contribution in [0.15, 0.2) is 11.8 Å². The Bertz CT molecular complexity index is 109. The quantitative estimate of drug-likeness (QED) is 0.513. The summed E-state index contributed by atoms with van der Waals surface area (Å²) in [5.41, 5.74) is 0.983. The third-order valence-electron chi connectivity index (χ3n) is 1.42. The number of allylic oxidation sites excluding steroid dienone is 2. The van der Waals surface area contributed by atoms with Gasteiger partial charge in [-0.1, -0.05) is 6.08 Å². The molecule has 8 heavy (non-hydrogen) atoms. The number of hydroxylamine groups is 2. The highest BCUT2D eigenvalue weighted by Gasteiger charge is 2.03. The lowest BCUT2D eigenvalue weighted by Gasteiger charge is -2.20. The molecule has 1 aliphatic heterocycles. The molecule has 0 saturated carbocycles. The smallest absolute Gasteiger partial charge is 0.0452 e. The van der Waals surface area contributed by atoms with Gasteiger partial charge in [-0.05, 0) is 19.8 Å². The van der Waals surface area contributed by atoms with Crippen LogP contribution < -0.4 is 0 Å². The van der Waals surface area contributed by atoms with Crippen molar-refractivity contribution in [1.82, 2.24) is 5.06 Å². The summed E-state index contributed by atoms with van der Waals surface area (Å²) >= 11 is 0. The number of nitrogens with zero attached hydrogens (tertiary/aromatic N) is 1. The molecular weight excluding hydrogens is 102 g/mol.